The van der Waals surface area contributed by atoms with Crippen molar-refractivity contribution in [3.05, 3.63) is 0 Å². The Hall–Kier alpha value is -0.160. The summed E-state index contributed by atoms with van der Waals surface area (Å²) >= 11 is 0. The van der Waals surface area contributed by atoms with Crippen LogP contribution in [0.25, 0.3) is 0 Å². The van der Waals surface area contributed by atoms with Crippen molar-refractivity contribution in [3.8, 4) is 0 Å². The molecule has 0 saturated carbocycles. The highest BCUT2D eigenvalue weighted by molar-refractivity contribution is 4.84. The Kier molecular flexibility index (Phi) is 4.31. The Morgan fingerprint density at radius 2 is 2.14 bits per heavy atom. The van der Waals surface area contributed by atoms with Crippen LogP contribution in [0, 0.1) is 0 Å². The van der Waals surface area contributed by atoms with Crippen LogP contribution in [0.5, 0.6) is 0 Å². The number of rotatable bonds is 4. The first-order valence-electron chi connectivity index (χ1n) is 5.36. The standard InChI is InChI=1S/C10H24N4/c1-10(6-5-7-13(2)3)12-8-11-9-14(10)4/h11-12H,5-9H2,1-4H3. The van der Waals surface area contributed by atoms with E-state index in [0.29, 0.717) is 0 Å². The van der Waals surface area contributed by atoms with Gasteiger partial charge in [-0.05, 0) is 47.5 Å². The predicted molar refractivity (Wildman–Crippen MR) is 60.0 cm³/mol. The molecule has 2 N–H and O–H groups in total. The highest BCUT2D eigenvalue weighted by Gasteiger charge is 2.30. The number of hydrogen-bond acceptors (Lipinski definition) is 4. The molecule has 14 heavy (non-hydrogen) atoms. The molecule has 4 heteroatoms. The number of hydrogen-bond donors (Lipinski definition) is 2. The Bertz CT molecular complexity index is 172. The molecular weight excluding hydrogens is 176 g/mol. The molecule has 0 amide bonds. The first-order valence-corrected chi connectivity index (χ1v) is 5.36. The molecule has 84 valence electrons. The quantitative estimate of drug-likeness (QED) is 0.673. The van der Waals surface area contributed by atoms with Crippen LogP contribution in [-0.2, 0) is 0 Å². The van der Waals surface area contributed by atoms with Gasteiger partial charge in [0.1, 0.15) is 0 Å². The SMILES string of the molecule is CN(C)CCCC1(C)NCNCN1C. The Morgan fingerprint density at radius 3 is 2.71 bits per heavy atom. The molecule has 0 spiro atoms. The summed E-state index contributed by atoms with van der Waals surface area (Å²) in [6, 6.07) is 0. The molecule has 1 unspecified atom stereocenters. The van der Waals surface area contributed by atoms with Crippen molar-refractivity contribution in [2.75, 3.05) is 41.0 Å². The lowest BCUT2D eigenvalue weighted by Gasteiger charge is -2.44. The minimum absolute atomic E-state index is 0.168. The summed E-state index contributed by atoms with van der Waals surface area (Å²) in [5.74, 6) is 0. The third kappa shape index (κ3) is 3.20. The van der Waals surface area contributed by atoms with E-state index in [0.717, 1.165) is 13.3 Å². The third-order valence-corrected chi connectivity index (χ3v) is 3.05. The Labute approximate surface area is 87.6 Å². The summed E-state index contributed by atoms with van der Waals surface area (Å²) in [5.41, 5.74) is 0.168. The zero-order valence-corrected chi connectivity index (χ0v) is 9.93. The molecule has 1 aliphatic rings. The maximum Gasteiger partial charge on any atom is 0.0701 e. The van der Waals surface area contributed by atoms with Crippen LogP contribution >= 0.6 is 0 Å². The van der Waals surface area contributed by atoms with Crippen LogP contribution in [0.3, 0.4) is 0 Å². The van der Waals surface area contributed by atoms with Crippen molar-refractivity contribution < 1.29 is 0 Å². The fourth-order valence-corrected chi connectivity index (χ4v) is 1.80. The van der Waals surface area contributed by atoms with Crippen LogP contribution in [-0.4, -0.2) is 56.5 Å². The second kappa shape index (κ2) is 5.07. The van der Waals surface area contributed by atoms with Crippen molar-refractivity contribution in [2.45, 2.75) is 25.4 Å². The van der Waals surface area contributed by atoms with Crippen molar-refractivity contribution >= 4 is 0 Å². The molecule has 4 nitrogen and oxygen atoms in total. The van der Waals surface area contributed by atoms with E-state index in [2.05, 4.69) is 48.5 Å². The molecule has 0 aromatic carbocycles. The molecule has 0 aromatic heterocycles. The summed E-state index contributed by atoms with van der Waals surface area (Å²) in [6.07, 6.45) is 2.43. The van der Waals surface area contributed by atoms with Gasteiger partial charge >= 0.3 is 0 Å². The van der Waals surface area contributed by atoms with Gasteiger partial charge in [-0.1, -0.05) is 0 Å². The normalized spacial score (nSPS) is 29.8. The molecule has 0 aromatic rings. The molecule has 1 atom stereocenters. The van der Waals surface area contributed by atoms with Crippen LogP contribution in [0.2, 0.25) is 0 Å². The van der Waals surface area contributed by atoms with Gasteiger partial charge in [0.2, 0.25) is 0 Å². The predicted octanol–water partition coefficient (Wildman–Crippen LogP) is 0.0840. The van der Waals surface area contributed by atoms with Crippen molar-refractivity contribution in [1.29, 1.82) is 0 Å². The highest BCUT2D eigenvalue weighted by atomic mass is 15.4. The fourth-order valence-electron chi connectivity index (χ4n) is 1.80. The lowest BCUT2D eigenvalue weighted by molar-refractivity contribution is 0.0415. The number of nitrogens with zero attached hydrogens (tertiary/aromatic N) is 2. The van der Waals surface area contributed by atoms with Crippen LogP contribution in [0.1, 0.15) is 19.8 Å². The Balaban J connectivity index is 2.32. The van der Waals surface area contributed by atoms with E-state index < -0.39 is 0 Å². The molecule has 1 heterocycles. The fraction of sp³-hybridized carbons (Fsp3) is 1.00. The lowest BCUT2D eigenvalue weighted by Crippen LogP contribution is -2.64. The van der Waals surface area contributed by atoms with E-state index in [9.17, 15) is 0 Å². The maximum atomic E-state index is 3.52. The lowest BCUT2D eigenvalue weighted by atomic mass is 10.0. The molecule has 0 aliphatic carbocycles. The zero-order chi connectivity index (χ0) is 10.6. The molecule has 0 bridgehead atoms. The molecular formula is C10H24N4. The smallest absolute Gasteiger partial charge is 0.0701 e. The van der Waals surface area contributed by atoms with Crippen LogP contribution in [0.15, 0.2) is 0 Å². The van der Waals surface area contributed by atoms with Gasteiger partial charge in [0.25, 0.3) is 0 Å². The minimum atomic E-state index is 0.168. The molecule has 1 aliphatic heterocycles. The first kappa shape index (κ1) is 11.9. The summed E-state index contributed by atoms with van der Waals surface area (Å²) < 4.78 is 0. The van der Waals surface area contributed by atoms with Gasteiger partial charge in [-0.3, -0.25) is 15.5 Å². The van der Waals surface area contributed by atoms with Crippen molar-refractivity contribution in [1.82, 2.24) is 20.4 Å². The van der Waals surface area contributed by atoms with Gasteiger partial charge in [0, 0.05) is 6.67 Å². The van der Waals surface area contributed by atoms with Crippen molar-refractivity contribution in [3.63, 3.8) is 0 Å². The minimum Gasteiger partial charge on any atom is -0.309 e. The van der Waals surface area contributed by atoms with Crippen LogP contribution < -0.4 is 10.6 Å². The van der Waals surface area contributed by atoms with Gasteiger partial charge < -0.3 is 4.90 Å². The summed E-state index contributed by atoms with van der Waals surface area (Å²) in [4.78, 5) is 4.58. The molecule has 1 fully saturated rings. The average Bonchev–Trinajstić information content (AvgIpc) is 2.10. The van der Waals surface area contributed by atoms with E-state index >= 15 is 0 Å². The van der Waals surface area contributed by atoms with Gasteiger partial charge in [0.15, 0.2) is 0 Å². The summed E-state index contributed by atoms with van der Waals surface area (Å²) in [5, 5.41) is 6.81. The highest BCUT2D eigenvalue weighted by Crippen LogP contribution is 2.17. The zero-order valence-electron chi connectivity index (χ0n) is 9.93. The third-order valence-electron chi connectivity index (χ3n) is 3.05. The second-order valence-electron chi connectivity index (χ2n) is 4.64. The van der Waals surface area contributed by atoms with Gasteiger partial charge in [-0.25, -0.2) is 0 Å². The summed E-state index contributed by atoms with van der Waals surface area (Å²) in [7, 11) is 6.42. The van der Waals surface area contributed by atoms with Gasteiger partial charge in [-0.2, -0.15) is 0 Å². The van der Waals surface area contributed by atoms with Crippen LogP contribution in [0.4, 0.5) is 0 Å². The molecule has 1 rings (SSSR count). The van der Waals surface area contributed by atoms with Gasteiger partial charge in [-0.15, -0.1) is 0 Å². The maximum absolute atomic E-state index is 3.52. The van der Waals surface area contributed by atoms with E-state index in [-0.39, 0.29) is 5.66 Å². The topological polar surface area (TPSA) is 30.5 Å². The first-order chi connectivity index (χ1) is 6.54. The summed E-state index contributed by atoms with van der Waals surface area (Å²) in [6.45, 7) is 5.34. The average molecular weight is 200 g/mol. The van der Waals surface area contributed by atoms with Crippen molar-refractivity contribution in [2.24, 2.45) is 0 Å². The monoisotopic (exact) mass is 200 g/mol. The van der Waals surface area contributed by atoms with Gasteiger partial charge in [0.05, 0.1) is 12.3 Å². The Morgan fingerprint density at radius 1 is 1.43 bits per heavy atom. The van der Waals surface area contributed by atoms with E-state index in [4.69, 9.17) is 0 Å². The largest absolute Gasteiger partial charge is 0.309 e. The van der Waals surface area contributed by atoms with E-state index in [1.54, 1.807) is 0 Å². The second-order valence-corrected chi connectivity index (χ2v) is 4.64. The van der Waals surface area contributed by atoms with E-state index in [1.165, 1.54) is 19.4 Å². The number of nitrogens with one attached hydrogen (secondary N) is 2. The molecule has 1 saturated heterocycles. The molecule has 0 radical (unpaired) electrons. The van der Waals surface area contributed by atoms with E-state index in [1.807, 2.05) is 0 Å².